The van der Waals surface area contributed by atoms with Gasteiger partial charge in [0.05, 0.1) is 16.7 Å². The van der Waals surface area contributed by atoms with E-state index in [0.717, 1.165) is 40.3 Å². The molecular formula is C17H17N3O. The quantitative estimate of drug-likeness (QED) is 0.737. The van der Waals surface area contributed by atoms with E-state index >= 15 is 0 Å². The van der Waals surface area contributed by atoms with Gasteiger partial charge in [-0.3, -0.25) is 14.8 Å². The summed E-state index contributed by atoms with van der Waals surface area (Å²) < 4.78 is 0. The van der Waals surface area contributed by atoms with Gasteiger partial charge in [0.1, 0.15) is 0 Å². The van der Waals surface area contributed by atoms with Crippen LogP contribution in [0.3, 0.4) is 0 Å². The van der Waals surface area contributed by atoms with Gasteiger partial charge in [-0.15, -0.1) is 0 Å². The Bertz CT molecular complexity index is 798. The molecule has 0 spiro atoms. The monoisotopic (exact) mass is 279 g/mol. The Labute approximate surface area is 123 Å². The molecule has 0 saturated heterocycles. The maximum Gasteiger partial charge on any atom is 0.224 e. The third kappa shape index (κ3) is 2.70. The number of carbonyl (C=O) groups is 1. The number of hydrogen-bond acceptors (Lipinski definition) is 3. The highest BCUT2D eigenvalue weighted by molar-refractivity contribution is 6.11. The molecule has 3 aromatic rings. The lowest BCUT2D eigenvalue weighted by molar-refractivity contribution is -0.116. The number of amides is 1. The predicted octanol–water partition coefficient (Wildman–Crippen LogP) is 3.91. The highest BCUT2D eigenvalue weighted by Crippen LogP contribution is 2.29. The van der Waals surface area contributed by atoms with Crippen molar-refractivity contribution in [2.75, 3.05) is 5.32 Å². The second-order valence-electron chi connectivity index (χ2n) is 5.05. The van der Waals surface area contributed by atoms with E-state index in [2.05, 4.69) is 22.2 Å². The van der Waals surface area contributed by atoms with Crippen LogP contribution in [0.15, 0.2) is 42.7 Å². The van der Waals surface area contributed by atoms with Gasteiger partial charge < -0.3 is 5.32 Å². The SMILES string of the molecule is CCCCC(=O)Nc1cc2cccnc2c2ncccc12. The normalized spacial score (nSPS) is 10.9. The minimum atomic E-state index is 0.0465. The van der Waals surface area contributed by atoms with Crippen LogP contribution in [0.25, 0.3) is 21.8 Å². The third-order valence-electron chi connectivity index (χ3n) is 3.49. The summed E-state index contributed by atoms with van der Waals surface area (Å²) in [5.41, 5.74) is 2.49. The average molecular weight is 279 g/mol. The summed E-state index contributed by atoms with van der Waals surface area (Å²) in [5.74, 6) is 0.0465. The van der Waals surface area contributed by atoms with Gasteiger partial charge >= 0.3 is 0 Å². The van der Waals surface area contributed by atoms with Crippen LogP contribution in [0.5, 0.6) is 0 Å². The lowest BCUT2D eigenvalue weighted by Gasteiger charge is -2.10. The van der Waals surface area contributed by atoms with Crippen molar-refractivity contribution in [1.29, 1.82) is 0 Å². The first-order chi connectivity index (χ1) is 10.3. The Hall–Kier alpha value is -2.49. The Morgan fingerprint density at radius 2 is 1.90 bits per heavy atom. The van der Waals surface area contributed by atoms with Crippen LogP contribution in [0.2, 0.25) is 0 Å². The number of hydrogen-bond donors (Lipinski definition) is 1. The molecular weight excluding hydrogens is 262 g/mol. The van der Waals surface area contributed by atoms with Crippen molar-refractivity contribution in [3.63, 3.8) is 0 Å². The van der Waals surface area contributed by atoms with Crippen LogP contribution in [0, 0.1) is 0 Å². The van der Waals surface area contributed by atoms with Gasteiger partial charge in [-0.1, -0.05) is 19.4 Å². The largest absolute Gasteiger partial charge is 0.325 e. The summed E-state index contributed by atoms with van der Waals surface area (Å²) in [4.78, 5) is 20.8. The summed E-state index contributed by atoms with van der Waals surface area (Å²) >= 11 is 0. The molecule has 0 unspecified atom stereocenters. The van der Waals surface area contributed by atoms with E-state index in [-0.39, 0.29) is 5.91 Å². The molecule has 1 N–H and O–H groups in total. The maximum atomic E-state index is 12.0. The number of nitrogens with zero attached hydrogens (tertiary/aromatic N) is 2. The van der Waals surface area contributed by atoms with Crippen molar-refractivity contribution >= 4 is 33.4 Å². The number of pyridine rings is 2. The van der Waals surface area contributed by atoms with Crippen LogP contribution in [0.4, 0.5) is 5.69 Å². The lowest BCUT2D eigenvalue weighted by atomic mass is 10.1. The second-order valence-corrected chi connectivity index (χ2v) is 5.05. The molecule has 0 fully saturated rings. The molecule has 0 aliphatic rings. The number of anilines is 1. The summed E-state index contributed by atoms with van der Waals surface area (Å²) in [7, 11) is 0. The Morgan fingerprint density at radius 1 is 1.14 bits per heavy atom. The molecule has 2 heterocycles. The minimum Gasteiger partial charge on any atom is -0.325 e. The van der Waals surface area contributed by atoms with E-state index in [4.69, 9.17) is 0 Å². The van der Waals surface area contributed by atoms with Crippen LogP contribution >= 0.6 is 0 Å². The van der Waals surface area contributed by atoms with Crippen molar-refractivity contribution in [1.82, 2.24) is 9.97 Å². The molecule has 2 aromatic heterocycles. The predicted molar refractivity (Wildman–Crippen MR) is 85.2 cm³/mol. The van der Waals surface area contributed by atoms with Gasteiger partial charge in [0, 0.05) is 29.6 Å². The molecule has 4 nitrogen and oxygen atoms in total. The van der Waals surface area contributed by atoms with Crippen molar-refractivity contribution in [2.45, 2.75) is 26.2 Å². The number of rotatable bonds is 4. The maximum absolute atomic E-state index is 12.0. The zero-order valence-electron chi connectivity index (χ0n) is 12.0. The van der Waals surface area contributed by atoms with Gasteiger partial charge in [-0.2, -0.15) is 0 Å². The molecule has 0 aliphatic carbocycles. The van der Waals surface area contributed by atoms with E-state index in [1.54, 1.807) is 12.4 Å². The summed E-state index contributed by atoms with van der Waals surface area (Å²) in [5, 5.41) is 4.91. The van der Waals surface area contributed by atoms with E-state index in [9.17, 15) is 4.79 Å². The van der Waals surface area contributed by atoms with E-state index in [1.165, 1.54) is 0 Å². The van der Waals surface area contributed by atoms with Crippen molar-refractivity contribution in [3.05, 3.63) is 42.7 Å². The van der Waals surface area contributed by atoms with Crippen LogP contribution in [-0.2, 0) is 4.79 Å². The number of carbonyl (C=O) groups excluding carboxylic acids is 1. The molecule has 1 amide bonds. The van der Waals surface area contributed by atoms with Gasteiger partial charge in [-0.25, -0.2) is 0 Å². The molecule has 106 valence electrons. The fourth-order valence-electron chi connectivity index (χ4n) is 2.43. The zero-order chi connectivity index (χ0) is 14.7. The standard InChI is InChI=1S/C17H17N3O/c1-2-3-8-15(21)20-14-11-12-6-4-9-18-16(12)17-13(14)7-5-10-19-17/h4-7,9-11H,2-3,8H2,1H3,(H,20,21). The minimum absolute atomic E-state index is 0.0465. The number of nitrogens with one attached hydrogen (secondary N) is 1. The molecule has 0 aliphatic heterocycles. The van der Waals surface area contributed by atoms with Crippen molar-refractivity contribution < 1.29 is 4.79 Å². The van der Waals surface area contributed by atoms with Crippen molar-refractivity contribution in [3.8, 4) is 0 Å². The molecule has 0 radical (unpaired) electrons. The van der Waals surface area contributed by atoms with Gasteiger partial charge in [-0.05, 0) is 30.7 Å². The van der Waals surface area contributed by atoms with Crippen LogP contribution < -0.4 is 5.32 Å². The lowest BCUT2D eigenvalue weighted by Crippen LogP contribution is -2.11. The van der Waals surface area contributed by atoms with E-state index in [1.807, 2.05) is 30.3 Å². The Balaban J connectivity index is 2.10. The highest BCUT2D eigenvalue weighted by atomic mass is 16.1. The van der Waals surface area contributed by atoms with Gasteiger partial charge in [0.25, 0.3) is 0 Å². The van der Waals surface area contributed by atoms with Gasteiger partial charge in [0.2, 0.25) is 5.91 Å². The number of fused-ring (bicyclic) bond motifs is 3. The van der Waals surface area contributed by atoms with E-state index < -0.39 is 0 Å². The Kier molecular flexibility index (Phi) is 3.77. The summed E-state index contributed by atoms with van der Waals surface area (Å²) in [6.07, 6.45) is 5.97. The summed E-state index contributed by atoms with van der Waals surface area (Å²) in [6, 6.07) is 9.68. The van der Waals surface area contributed by atoms with Crippen LogP contribution in [-0.4, -0.2) is 15.9 Å². The smallest absolute Gasteiger partial charge is 0.224 e. The average Bonchev–Trinajstić information content (AvgIpc) is 2.53. The summed E-state index contributed by atoms with van der Waals surface area (Å²) in [6.45, 7) is 2.08. The highest BCUT2D eigenvalue weighted by Gasteiger charge is 2.10. The molecule has 4 heteroatoms. The first kappa shape index (κ1) is 13.5. The molecule has 0 bridgehead atoms. The Morgan fingerprint density at radius 3 is 2.71 bits per heavy atom. The second kappa shape index (κ2) is 5.87. The third-order valence-corrected chi connectivity index (χ3v) is 3.49. The van der Waals surface area contributed by atoms with Crippen molar-refractivity contribution in [2.24, 2.45) is 0 Å². The first-order valence-corrected chi connectivity index (χ1v) is 7.22. The molecule has 21 heavy (non-hydrogen) atoms. The molecule has 0 saturated carbocycles. The first-order valence-electron chi connectivity index (χ1n) is 7.22. The number of unbranched alkanes of at least 4 members (excludes halogenated alkanes) is 1. The fraction of sp³-hybridized carbons (Fsp3) is 0.235. The van der Waals surface area contributed by atoms with Gasteiger partial charge in [0.15, 0.2) is 0 Å². The number of benzene rings is 1. The van der Waals surface area contributed by atoms with Crippen LogP contribution in [0.1, 0.15) is 26.2 Å². The molecule has 3 rings (SSSR count). The molecule has 1 aromatic carbocycles. The molecule has 0 atom stereocenters. The topological polar surface area (TPSA) is 54.9 Å². The fourth-order valence-corrected chi connectivity index (χ4v) is 2.43. The van der Waals surface area contributed by atoms with E-state index in [0.29, 0.717) is 6.42 Å². The zero-order valence-corrected chi connectivity index (χ0v) is 12.0. The number of aromatic nitrogens is 2.